The van der Waals surface area contributed by atoms with Crippen LogP contribution >= 0.6 is 0 Å². The number of phenolic OH excluding ortho intramolecular Hbond substituents is 1. The molecule has 0 atom stereocenters. The SMILES string of the molecule is CCCNc1cc2c(cc1N=Nc1cc([N+](=O)[O-])ccc1O)CCCN2CC. The van der Waals surface area contributed by atoms with Gasteiger partial charge in [-0.3, -0.25) is 10.1 Å². The molecule has 1 heterocycles. The van der Waals surface area contributed by atoms with E-state index in [-0.39, 0.29) is 17.1 Å². The van der Waals surface area contributed by atoms with Crippen molar-refractivity contribution in [3.8, 4) is 5.75 Å². The zero-order chi connectivity index (χ0) is 20.1. The van der Waals surface area contributed by atoms with Gasteiger partial charge in [0.1, 0.15) is 17.1 Å². The summed E-state index contributed by atoms with van der Waals surface area (Å²) >= 11 is 0. The van der Waals surface area contributed by atoms with E-state index in [0.717, 1.165) is 44.6 Å². The van der Waals surface area contributed by atoms with Gasteiger partial charge in [-0.25, -0.2) is 0 Å². The Kier molecular flexibility index (Phi) is 6.08. The van der Waals surface area contributed by atoms with Crippen LogP contribution in [0.5, 0.6) is 5.75 Å². The fraction of sp³-hybridized carbons (Fsp3) is 0.400. The Morgan fingerprint density at radius 1 is 1.21 bits per heavy atom. The maximum absolute atomic E-state index is 11.0. The number of fused-ring (bicyclic) bond motifs is 1. The van der Waals surface area contributed by atoms with Crippen molar-refractivity contribution < 1.29 is 10.0 Å². The van der Waals surface area contributed by atoms with Crippen molar-refractivity contribution in [1.29, 1.82) is 0 Å². The maximum atomic E-state index is 11.0. The third-order valence-electron chi connectivity index (χ3n) is 4.79. The van der Waals surface area contributed by atoms with Crippen LogP contribution in [0.2, 0.25) is 0 Å². The number of hydrogen-bond donors (Lipinski definition) is 2. The van der Waals surface area contributed by atoms with E-state index < -0.39 is 4.92 Å². The standard InChI is InChI=1S/C20H25N5O3/c1-3-9-21-16-13-19-14(6-5-10-24(19)4-2)11-17(16)22-23-18-12-15(25(27)28)7-8-20(18)26/h7-8,11-13,21,26H,3-6,9-10H2,1-2H3. The van der Waals surface area contributed by atoms with Crippen molar-refractivity contribution in [3.63, 3.8) is 0 Å². The normalized spacial score (nSPS) is 13.6. The Hall–Kier alpha value is -3.16. The Morgan fingerprint density at radius 2 is 2.00 bits per heavy atom. The van der Waals surface area contributed by atoms with Crippen molar-refractivity contribution in [2.24, 2.45) is 10.2 Å². The number of hydrogen-bond acceptors (Lipinski definition) is 7. The highest BCUT2D eigenvalue weighted by molar-refractivity contribution is 5.75. The summed E-state index contributed by atoms with van der Waals surface area (Å²) in [5.41, 5.74) is 3.89. The molecule has 2 N–H and O–H groups in total. The largest absolute Gasteiger partial charge is 0.506 e. The van der Waals surface area contributed by atoms with Gasteiger partial charge in [-0.2, -0.15) is 0 Å². The van der Waals surface area contributed by atoms with E-state index in [1.165, 1.54) is 29.4 Å². The van der Waals surface area contributed by atoms with E-state index in [9.17, 15) is 15.2 Å². The molecule has 0 saturated heterocycles. The molecular formula is C20H25N5O3. The zero-order valence-corrected chi connectivity index (χ0v) is 16.2. The number of azo groups is 1. The van der Waals surface area contributed by atoms with Crippen LogP contribution in [0.25, 0.3) is 0 Å². The first-order valence-corrected chi connectivity index (χ1v) is 9.58. The van der Waals surface area contributed by atoms with Crippen molar-refractivity contribution >= 4 is 28.4 Å². The van der Waals surface area contributed by atoms with Gasteiger partial charge < -0.3 is 15.3 Å². The fourth-order valence-electron chi connectivity index (χ4n) is 3.32. The van der Waals surface area contributed by atoms with Crippen molar-refractivity contribution in [3.05, 3.63) is 46.0 Å². The first kappa shape index (κ1) is 19.6. The lowest BCUT2D eigenvalue weighted by Crippen LogP contribution is -2.29. The molecule has 1 aliphatic heterocycles. The highest BCUT2D eigenvalue weighted by atomic mass is 16.6. The Bertz CT molecular complexity index is 898. The van der Waals surface area contributed by atoms with Gasteiger partial charge in [-0.05, 0) is 49.9 Å². The summed E-state index contributed by atoms with van der Waals surface area (Å²) in [5, 5.41) is 32.7. The van der Waals surface area contributed by atoms with Gasteiger partial charge in [0.25, 0.3) is 5.69 Å². The molecule has 2 aromatic carbocycles. The van der Waals surface area contributed by atoms with Crippen LogP contribution in [-0.2, 0) is 6.42 Å². The summed E-state index contributed by atoms with van der Waals surface area (Å²) in [4.78, 5) is 12.8. The van der Waals surface area contributed by atoms with E-state index in [0.29, 0.717) is 5.69 Å². The molecule has 0 spiro atoms. The van der Waals surface area contributed by atoms with Crippen LogP contribution in [0.15, 0.2) is 40.6 Å². The zero-order valence-electron chi connectivity index (χ0n) is 16.2. The number of nitrogens with zero attached hydrogens (tertiary/aromatic N) is 4. The molecule has 8 heteroatoms. The Labute approximate surface area is 164 Å². The molecule has 8 nitrogen and oxygen atoms in total. The smallest absolute Gasteiger partial charge is 0.271 e. The molecule has 28 heavy (non-hydrogen) atoms. The second-order valence-electron chi connectivity index (χ2n) is 6.74. The number of phenols is 1. The van der Waals surface area contributed by atoms with Crippen LogP contribution in [0.3, 0.4) is 0 Å². The summed E-state index contributed by atoms with van der Waals surface area (Å²) in [6.45, 7) is 7.02. The average molecular weight is 383 g/mol. The van der Waals surface area contributed by atoms with Gasteiger partial charge in [-0.1, -0.05) is 6.92 Å². The summed E-state index contributed by atoms with van der Waals surface area (Å²) in [6, 6.07) is 7.84. The highest BCUT2D eigenvalue weighted by Crippen LogP contribution is 2.38. The third-order valence-corrected chi connectivity index (χ3v) is 4.79. The van der Waals surface area contributed by atoms with Gasteiger partial charge >= 0.3 is 0 Å². The van der Waals surface area contributed by atoms with Crippen LogP contribution in [0.1, 0.15) is 32.3 Å². The summed E-state index contributed by atoms with van der Waals surface area (Å²) in [5.74, 6) is -0.146. The number of rotatable bonds is 7. The first-order valence-electron chi connectivity index (χ1n) is 9.58. The molecule has 0 aliphatic carbocycles. The lowest BCUT2D eigenvalue weighted by atomic mass is 10.00. The topological polar surface area (TPSA) is 103 Å². The number of aromatic hydroxyl groups is 1. The van der Waals surface area contributed by atoms with E-state index in [1.54, 1.807) is 0 Å². The number of nitro benzene ring substituents is 1. The van der Waals surface area contributed by atoms with E-state index in [2.05, 4.69) is 40.4 Å². The molecule has 2 aromatic rings. The molecule has 0 fully saturated rings. The van der Waals surface area contributed by atoms with Gasteiger partial charge in [0, 0.05) is 37.5 Å². The number of benzene rings is 2. The van der Waals surface area contributed by atoms with Crippen LogP contribution in [-0.4, -0.2) is 29.7 Å². The fourth-order valence-corrected chi connectivity index (χ4v) is 3.32. The van der Waals surface area contributed by atoms with Crippen LogP contribution in [0.4, 0.5) is 28.4 Å². The second-order valence-corrected chi connectivity index (χ2v) is 6.74. The molecule has 0 bridgehead atoms. The molecule has 0 radical (unpaired) electrons. The predicted molar refractivity (Wildman–Crippen MR) is 110 cm³/mol. The van der Waals surface area contributed by atoms with Gasteiger partial charge in [0.15, 0.2) is 0 Å². The number of nitrogens with one attached hydrogen (secondary N) is 1. The number of anilines is 2. The van der Waals surface area contributed by atoms with E-state index in [4.69, 9.17) is 0 Å². The Morgan fingerprint density at radius 3 is 2.71 bits per heavy atom. The molecule has 3 rings (SSSR count). The molecule has 148 valence electrons. The molecular weight excluding hydrogens is 358 g/mol. The maximum Gasteiger partial charge on any atom is 0.271 e. The lowest BCUT2D eigenvalue weighted by molar-refractivity contribution is -0.384. The first-order chi connectivity index (χ1) is 13.5. The second kappa shape index (κ2) is 8.69. The lowest BCUT2D eigenvalue weighted by Gasteiger charge is -2.31. The minimum Gasteiger partial charge on any atom is -0.506 e. The van der Waals surface area contributed by atoms with Crippen LogP contribution in [0, 0.1) is 10.1 Å². The molecule has 0 unspecified atom stereocenters. The minimum atomic E-state index is -0.523. The summed E-state index contributed by atoms with van der Waals surface area (Å²) in [6.07, 6.45) is 3.03. The van der Waals surface area contributed by atoms with Gasteiger partial charge in [0.2, 0.25) is 0 Å². The van der Waals surface area contributed by atoms with Crippen molar-refractivity contribution in [1.82, 2.24) is 0 Å². The quantitative estimate of drug-likeness (QED) is 0.383. The number of nitro groups is 1. The van der Waals surface area contributed by atoms with Gasteiger partial charge in [-0.15, -0.1) is 10.2 Å². The summed E-state index contributed by atoms with van der Waals surface area (Å²) in [7, 11) is 0. The molecule has 0 saturated carbocycles. The van der Waals surface area contributed by atoms with E-state index >= 15 is 0 Å². The molecule has 1 aliphatic rings. The predicted octanol–water partition coefficient (Wildman–Crippen LogP) is 5.31. The molecule has 0 aromatic heterocycles. The monoisotopic (exact) mass is 383 g/mol. The highest BCUT2D eigenvalue weighted by Gasteiger charge is 2.18. The average Bonchev–Trinajstić information content (AvgIpc) is 2.70. The minimum absolute atomic E-state index is 0.0727. The van der Waals surface area contributed by atoms with Crippen molar-refractivity contribution in [2.45, 2.75) is 33.1 Å². The summed E-state index contributed by atoms with van der Waals surface area (Å²) < 4.78 is 0. The third kappa shape index (κ3) is 4.21. The van der Waals surface area contributed by atoms with Crippen molar-refractivity contribution in [2.75, 3.05) is 29.9 Å². The number of aryl methyl sites for hydroxylation is 1. The van der Waals surface area contributed by atoms with Crippen LogP contribution < -0.4 is 10.2 Å². The van der Waals surface area contributed by atoms with E-state index in [1.807, 2.05) is 6.07 Å². The number of non-ortho nitro benzene ring substituents is 1. The Balaban J connectivity index is 1.99. The van der Waals surface area contributed by atoms with Gasteiger partial charge in [0.05, 0.1) is 10.6 Å². The molecule has 0 amide bonds.